The second-order valence-corrected chi connectivity index (χ2v) is 9.44. The van der Waals surface area contributed by atoms with Crippen LogP contribution in [0.15, 0.2) is 40.6 Å². The van der Waals surface area contributed by atoms with Crippen LogP contribution in [0.2, 0.25) is 0 Å². The maximum absolute atomic E-state index is 12.3. The molecule has 0 spiro atoms. The smallest absolute Gasteiger partial charge is 0.250 e. The van der Waals surface area contributed by atoms with Crippen molar-refractivity contribution in [2.75, 3.05) is 24.5 Å². The van der Waals surface area contributed by atoms with Gasteiger partial charge in [-0.1, -0.05) is 12.1 Å². The molecule has 1 aromatic heterocycles. The third-order valence-electron chi connectivity index (χ3n) is 4.20. The Balaban J connectivity index is 1.58. The Morgan fingerprint density at radius 1 is 1.26 bits per heavy atom. The third-order valence-corrected chi connectivity index (χ3v) is 7.11. The summed E-state index contributed by atoms with van der Waals surface area (Å²) in [5, 5.41) is 0. The van der Waals surface area contributed by atoms with E-state index in [1.807, 2.05) is 13.0 Å². The van der Waals surface area contributed by atoms with Crippen molar-refractivity contribution < 1.29 is 8.42 Å². The first-order chi connectivity index (χ1) is 10.9. The molecular weight excluding hydrogens is 328 g/mol. The van der Waals surface area contributed by atoms with Gasteiger partial charge in [0.25, 0.3) is 0 Å². The summed E-state index contributed by atoms with van der Waals surface area (Å²) in [5.41, 5.74) is 2.48. The first-order valence-electron chi connectivity index (χ1n) is 7.82. The summed E-state index contributed by atoms with van der Waals surface area (Å²) in [6.07, 6.45) is 1.01. The number of thiophene rings is 1. The number of nitrogens with zero attached hydrogens (tertiary/aromatic N) is 1. The van der Waals surface area contributed by atoms with Gasteiger partial charge in [0.2, 0.25) is 10.0 Å². The molecule has 2 aromatic rings. The fourth-order valence-electron chi connectivity index (χ4n) is 2.91. The molecule has 4 nitrogen and oxygen atoms in total. The number of hydrogen-bond donors (Lipinski definition) is 1. The van der Waals surface area contributed by atoms with Gasteiger partial charge in [-0.05, 0) is 56.0 Å². The van der Waals surface area contributed by atoms with Gasteiger partial charge in [-0.25, -0.2) is 13.1 Å². The molecule has 1 atom stereocenters. The van der Waals surface area contributed by atoms with Crippen LogP contribution in [0.25, 0.3) is 0 Å². The molecule has 1 fully saturated rings. The molecule has 1 saturated heterocycles. The van der Waals surface area contributed by atoms with E-state index in [2.05, 4.69) is 40.8 Å². The van der Waals surface area contributed by atoms with Crippen LogP contribution < -0.4 is 9.62 Å². The number of sulfonamides is 1. The highest BCUT2D eigenvalue weighted by atomic mass is 32.2. The van der Waals surface area contributed by atoms with Crippen molar-refractivity contribution in [3.05, 3.63) is 46.8 Å². The van der Waals surface area contributed by atoms with Crippen LogP contribution >= 0.6 is 11.3 Å². The standard InChI is InChI=1S/C17H22N2O2S2/c1-13-4-3-5-16(10-13)19-9-8-15(12-19)11-18-23(20,21)17-7-6-14(2)22-17/h3-7,10,15,18H,8-9,11-12H2,1-2H3. The molecule has 1 aliphatic rings. The second kappa shape index (κ2) is 6.63. The minimum atomic E-state index is -3.37. The third kappa shape index (κ3) is 3.94. The Morgan fingerprint density at radius 3 is 2.78 bits per heavy atom. The minimum absolute atomic E-state index is 0.353. The van der Waals surface area contributed by atoms with Crippen molar-refractivity contribution in [1.82, 2.24) is 4.72 Å². The van der Waals surface area contributed by atoms with Crippen LogP contribution in [0.3, 0.4) is 0 Å². The molecule has 1 unspecified atom stereocenters. The SMILES string of the molecule is Cc1cccc(N2CCC(CNS(=O)(=O)c3ccc(C)s3)C2)c1. The second-order valence-electron chi connectivity index (χ2n) is 6.16. The number of hydrogen-bond acceptors (Lipinski definition) is 4. The lowest BCUT2D eigenvalue weighted by Gasteiger charge is -2.19. The van der Waals surface area contributed by atoms with Gasteiger partial charge in [-0.15, -0.1) is 11.3 Å². The van der Waals surface area contributed by atoms with Crippen molar-refractivity contribution in [3.8, 4) is 0 Å². The zero-order chi connectivity index (χ0) is 16.4. The van der Waals surface area contributed by atoms with Gasteiger partial charge in [-0.2, -0.15) is 0 Å². The fourth-order valence-corrected chi connectivity index (χ4v) is 5.36. The average Bonchev–Trinajstić information content (AvgIpc) is 3.14. The van der Waals surface area contributed by atoms with Crippen molar-refractivity contribution in [2.45, 2.75) is 24.5 Å². The maximum Gasteiger partial charge on any atom is 0.250 e. The van der Waals surface area contributed by atoms with Crippen LogP contribution in [0, 0.1) is 19.8 Å². The van der Waals surface area contributed by atoms with Crippen molar-refractivity contribution in [3.63, 3.8) is 0 Å². The molecule has 0 radical (unpaired) electrons. The van der Waals surface area contributed by atoms with Gasteiger partial charge in [0.15, 0.2) is 0 Å². The predicted octanol–water partition coefficient (Wildman–Crippen LogP) is 3.17. The average molecular weight is 351 g/mol. The Labute approximate surface area is 142 Å². The Hall–Kier alpha value is -1.37. The van der Waals surface area contributed by atoms with Crippen LogP contribution in [0.1, 0.15) is 16.9 Å². The van der Waals surface area contributed by atoms with Gasteiger partial charge in [0.05, 0.1) is 0 Å². The van der Waals surface area contributed by atoms with Gasteiger partial charge in [0.1, 0.15) is 4.21 Å². The molecule has 1 N–H and O–H groups in total. The molecular formula is C17H22N2O2S2. The summed E-state index contributed by atoms with van der Waals surface area (Å²) in [6, 6.07) is 12.0. The van der Waals surface area contributed by atoms with Gasteiger partial charge in [0, 0.05) is 30.2 Å². The summed E-state index contributed by atoms with van der Waals surface area (Å²) in [7, 11) is -3.37. The number of benzene rings is 1. The van der Waals surface area contributed by atoms with E-state index in [1.165, 1.54) is 22.6 Å². The van der Waals surface area contributed by atoms with E-state index < -0.39 is 10.0 Å². The van der Waals surface area contributed by atoms with Gasteiger partial charge in [-0.3, -0.25) is 0 Å². The Bertz CT molecular complexity index is 783. The normalized spacial score (nSPS) is 18.5. The number of rotatable bonds is 5. The van der Waals surface area contributed by atoms with Crippen molar-refractivity contribution in [1.29, 1.82) is 0 Å². The zero-order valence-electron chi connectivity index (χ0n) is 13.5. The highest BCUT2D eigenvalue weighted by Crippen LogP contribution is 2.25. The summed E-state index contributed by atoms with van der Waals surface area (Å²) in [6.45, 7) is 6.39. The largest absolute Gasteiger partial charge is 0.371 e. The summed E-state index contributed by atoms with van der Waals surface area (Å²) < 4.78 is 27.7. The van der Waals surface area contributed by atoms with E-state index in [4.69, 9.17) is 0 Å². The van der Waals surface area contributed by atoms with E-state index in [1.54, 1.807) is 6.07 Å². The van der Waals surface area contributed by atoms with Crippen molar-refractivity contribution >= 4 is 27.0 Å². The van der Waals surface area contributed by atoms with Crippen molar-refractivity contribution in [2.24, 2.45) is 5.92 Å². The Kier molecular flexibility index (Phi) is 4.75. The van der Waals surface area contributed by atoms with E-state index in [9.17, 15) is 8.42 Å². The molecule has 124 valence electrons. The number of anilines is 1. The first kappa shape index (κ1) is 16.5. The zero-order valence-corrected chi connectivity index (χ0v) is 15.1. The Morgan fingerprint density at radius 2 is 2.09 bits per heavy atom. The van der Waals surface area contributed by atoms with Crippen LogP contribution in [0.5, 0.6) is 0 Å². The topological polar surface area (TPSA) is 49.4 Å². The molecule has 1 aliphatic heterocycles. The molecule has 2 heterocycles. The van der Waals surface area contributed by atoms with E-state index in [0.29, 0.717) is 16.7 Å². The lowest BCUT2D eigenvalue weighted by atomic mass is 10.1. The lowest BCUT2D eigenvalue weighted by molar-refractivity contribution is 0.543. The molecule has 3 rings (SSSR count). The first-order valence-corrected chi connectivity index (χ1v) is 10.1. The summed E-state index contributed by atoms with van der Waals surface area (Å²) in [4.78, 5) is 3.35. The minimum Gasteiger partial charge on any atom is -0.371 e. The molecule has 0 bridgehead atoms. The molecule has 0 aliphatic carbocycles. The molecule has 0 amide bonds. The molecule has 0 saturated carbocycles. The number of nitrogens with one attached hydrogen (secondary N) is 1. The molecule has 1 aromatic carbocycles. The summed E-state index contributed by atoms with van der Waals surface area (Å²) >= 11 is 1.32. The fraction of sp³-hybridized carbons (Fsp3) is 0.412. The van der Waals surface area contributed by atoms with E-state index >= 15 is 0 Å². The van der Waals surface area contributed by atoms with Crippen LogP contribution in [-0.2, 0) is 10.0 Å². The highest BCUT2D eigenvalue weighted by molar-refractivity contribution is 7.91. The summed E-state index contributed by atoms with van der Waals surface area (Å²) in [5.74, 6) is 0.353. The highest BCUT2D eigenvalue weighted by Gasteiger charge is 2.25. The van der Waals surface area contributed by atoms with E-state index in [0.717, 1.165) is 24.4 Å². The molecule has 6 heteroatoms. The lowest BCUT2D eigenvalue weighted by Crippen LogP contribution is -2.30. The molecule has 23 heavy (non-hydrogen) atoms. The predicted molar refractivity (Wildman–Crippen MR) is 95.7 cm³/mol. The number of aryl methyl sites for hydroxylation is 2. The van der Waals surface area contributed by atoms with Gasteiger partial charge < -0.3 is 4.90 Å². The van der Waals surface area contributed by atoms with Crippen LogP contribution in [0.4, 0.5) is 5.69 Å². The van der Waals surface area contributed by atoms with E-state index in [-0.39, 0.29) is 0 Å². The maximum atomic E-state index is 12.3. The van der Waals surface area contributed by atoms with Crippen LogP contribution in [-0.4, -0.2) is 28.1 Å². The van der Waals surface area contributed by atoms with Gasteiger partial charge >= 0.3 is 0 Å². The monoisotopic (exact) mass is 350 g/mol. The quantitative estimate of drug-likeness (QED) is 0.901.